The SMILES string of the molecule is CC(C)c1ccccc1[C@@H](NS(=O)(=O)c1ccc2c(c1)OCCCO2)c1cc2ccccc2o1.CC(C)c1ccccc1[C@H](NS(=O)(=O)c1ccc2c(c1)OCCCO2)c1cc2ccccc2o1. The van der Waals surface area contributed by atoms with Crippen molar-refractivity contribution >= 4 is 42.0 Å². The number of nitrogens with one attached hydrogen (secondary N) is 2. The van der Waals surface area contributed by atoms with Gasteiger partial charge in [0.1, 0.15) is 34.8 Å². The van der Waals surface area contributed by atoms with Crippen LogP contribution in [0.25, 0.3) is 21.9 Å². The average molecular weight is 955 g/mol. The smallest absolute Gasteiger partial charge is 0.241 e. The summed E-state index contributed by atoms with van der Waals surface area (Å²) in [5.41, 5.74) is 5.23. The quantitative estimate of drug-likeness (QED) is 0.121. The van der Waals surface area contributed by atoms with Gasteiger partial charge in [0.05, 0.1) is 36.2 Å². The molecule has 6 aromatic carbocycles. The van der Waals surface area contributed by atoms with E-state index in [1.54, 1.807) is 24.3 Å². The first-order valence-corrected chi connectivity index (χ1v) is 25.8. The van der Waals surface area contributed by atoms with E-state index in [2.05, 4.69) is 37.1 Å². The van der Waals surface area contributed by atoms with E-state index in [9.17, 15) is 16.8 Å². The van der Waals surface area contributed by atoms with Crippen LogP contribution in [0.4, 0.5) is 0 Å². The molecule has 0 unspecified atom stereocenters. The van der Waals surface area contributed by atoms with Crippen molar-refractivity contribution in [2.75, 3.05) is 26.4 Å². The van der Waals surface area contributed by atoms with Gasteiger partial charge in [-0.1, -0.05) is 113 Å². The van der Waals surface area contributed by atoms with Gasteiger partial charge in [-0.05, 0) is 82.6 Å². The Balaban J connectivity index is 0.000000170. The summed E-state index contributed by atoms with van der Waals surface area (Å²) in [5.74, 6) is 3.44. The fourth-order valence-electron chi connectivity index (χ4n) is 8.51. The highest BCUT2D eigenvalue weighted by atomic mass is 32.2. The van der Waals surface area contributed by atoms with Crippen molar-refractivity contribution in [3.8, 4) is 23.0 Å². The molecule has 0 amide bonds. The first-order valence-electron chi connectivity index (χ1n) is 22.8. The van der Waals surface area contributed by atoms with Crippen molar-refractivity contribution in [1.82, 2.24) is 9.44 Å². The molecule has 352 valence electrons. The largest absolute Gasteiger partial charge is 0.490 e. The lowest BCUT2D eigenvalue weighted by Gasteiger charge is -2.22. The van der Waals surface area contributed by atoms with Gasteiger partial charge in [0.15, 0.2) is 23.0 Å². The molecule has 68 heavy (non-hydrogen) atoms. The van der Waals surface area contributed by atoms with Crippen LogP contribution in [0.2, 0.25) is 0 Å². The lowest BCUT2D eigenvalue weighted by Crippen LogP contribution is -2.30. The Morgan fingerprint density at radius 2 is 0.765 bits per heavy atom. The second kappa shape index (κ2) is 19.9. The highest BCUT2D eigenvalue weighted by molar-refractivity contribution is 7.89. The highest BCUT2D eigenvalue weighted by Gasteiger charge is 2.31. The van der Waals surface area contributed by atoms with Crippen molar-refractivity contribution in [3.05, 3.63) is 179 Å². The second-order valence-electron chi connectivity index (χ2n) is 17.4. The minimum atomic E-state index is -3.93. The van der Waals surface area contributed by atoms with E-state index in [1.165, 1.54) is 12.1 Å². The van der Waals surface area contributed by atoms with Gasteiger partial charge in [0.25, 0.3) is 0 Å². The minimum Gasteiger partial charge on any atom is -0.490 e. The van der Waals surface area contributed by atoms with Gasteiger partial charge in [0, 0.05) is 35.7 Å². The summed E-state index contributed by atoms with van der Waals surface area (Å²) >= 11 is 0. The Hall–Kier alpha value is -6.58. The fraction of sp³-hybridized carbons (Fsp3) is 0.259. The van der Waals surface area contributed by atoms with Crippen molar-refractivity contribution in [2.45, 2.75) is 74.2 Å². The van der Waals surface area contributed by atoms with Crippen molar-refractivity contribution in [1.29, 1.82) is 0 Å². The molecule has 0 spiro atoms. The fourth-order valence-corrected chi connectivity index (χ4v) is 10.9. The Kier molecular flexibility index (Phi) is 13.6. The van der Waals surface area contributed by atoms with Crippen LogP contribution in [-0.2, 0) is 20.0 Å². The zero-order valence-electron chi connectivity index (χ0n) is 38.3. The number of sulfonamides is 2. The van der Waals surface area contributed by atoms with Gasteiger partial charge in [-0.3, -0.25) is 0 Å². The molecule has 0 aliphatic carbocycles. The van der Waals surface area contributed by atoms with Crippen LogP contribution >= 0.6 is 0 Å². The van der Waals surface area contributed by atoms with E-state index in [0.29, 0.717) is 72.1 Å². The summed E-state index contributed by atoms with van der Waals surface area (Å²) in [5, 5.41) is 1.83. The number of para-hydroxylation sites is 2. The predicted octanol–water partition coefficient (Wildman–Crippen LogP) is 11.6. The number of fused-ring (bicyclic) bond motifs is 4. The number of rotatable bonds is 12. The lowest BCUT2D eigenvalue weighted by atomic mass is 9.92. The molecule has 0 radical (unpaired) electrons. The van der Waals surface area contributed by atoms with Gasteiger partial charge in [-0.15, -0.1) is 0 Å². The third kappa shape index (κ3) is 10.1. The molecule has 0 saturated heterocycles. The van der Waals surface area contributed by atoms with E-state index >= 15 is 0 Å². The van der Waals surface area contributed by atoms with Crippen molar-refractivity contribution in [3.63, 3.8) is 0 Å². The second-order valence-corrected chi connectivity index (χ2v) is 20.8. The third-order valence-electron chi connectivity index (χ3n) is 11.9. The van der Waals surface area contributed by atoms with E-state index in [0.717, 1.165) is 45.9 Å². The lowest BCUT2D eigenvalue weighted by molar-refractivity contribution is 0.296. The van der Waals surface area contributed by atoms with Crippen molar-refractivity contribution < 1.29 is 44.6 Å². The summed E-state index contributed by atoms with van der Waals surface area (Å²) < 4.78 is 95.3. The van der Waals surface area contributed by atoms with Crippen LogP contribution in [0.5, 0.6) is 23.0 Å². The molecular weight excluding hydrogens is 901 g/mol. The molecule has 0 saturated carbocycles. The molecule has 8 aromatic rings. The molecule has 10 rings (SSSR count). The maximum atomic E-state index is 13.6. The van der Waals surface area contributed by atoms with Crippen LogP contribution in [0.3, 0.4) is 0 Å². The Bertz CT molecular complexity index is 3000. The third-order valence-corrected chi connectivity index (χ3v) is 14.8. The maximum Gasteiger partial charge on any atom is 0.241 e. The molecule has 2 atom stereocenters. The Labute approximate surface area is 397 Å². The van der Waals surface area contributed by atoms with Crippen LogP contribution in [0, 0.1) is 0 Å². The number of ether oxygens (including phenoxy) is 4. The maximum absolute atomic E-state index is 13.6. The van der Waals surface area contributed by atoms with Crippen LogP contribution in [0.1, 0.15) is 98.2 Å². The van der Waals surface area contributed by atoms with Gasteiger partial charge < -0.3 is 27.8 Å². The monoisotopic (exact) mass is 954 g/mol. The molecule has 2 aliphatic heterocycles. The molecule has 4 heterocycles. The zero-order valence-corrected chi connectivity index (χ0v) is 39.9. The summed E-state index contributed by atoms with van der Waals surface area (Å²) in [7, 11) is -7.85. The van der Waals surface area contributed by atoms with Gasteiger partial charge >= 0.3 is 0 Å². The Morgan fingerprint density at radius 3 is 1.15 bits per heavy atom. The van der Waals surface area contributed by atoms with Crippen LogP contribution < -0.4 is 28.4 Å². The van der Waals surface area contributed by atoms with Crippen LogP contribution in [-0.4, -0.2) is 43.3 Å². The van der Waals surface area contributed by atoms with Gasteiger partial charge in [0.2, 0.25) is 20.0 Å². The van der Waals surface area contributed by atoms with Crippen LogP contribution in [0.15, 0.2) is 164 Å². The summed E-state index contributed by atoms with van der Waals surface area (Å²) in [4.78, 5) is 0.222. The van der Waals surface area contributed by atoms with E-state index in [-0.39, 0.29) is 21.6 Å². The molecule has 2 aromatic heterocycles. The standard InChI is InChI=1S/2C27H27NO5S/c2*1-18(2)21-9-4-5-10-22(21)27(26-16-19-8-3-6-11-23(19)33-26)28-34(29,30)20-12-13-24-25(17-20)32-15-7-14-31-24/h2*3-6,8-13,16-18,27-28H,7,14-15H2,1-2H3/t2*27-/m10/s1. The van der Waals surface area contributed by atoms with Gasteiger partial charge in [-0.25, -0.2) is 16.8 Å². The number of hydrogen-bond acceptors (Lipinski definition) is 10. The van der Waals surface area contributed by atoms with E-state index in [1.807, 2.05) is 109 Å². The number of furan rings is 2. The predicted molar refractivity (Wildman–Crippen MR) is 262 cm³/mol. The first kappa shape index (κ1) is 46.5. The summed E-state index contributed by atoms with van der Waals surface area (Å²) in [6.07, 6.45) is 1.49. The van der Waals surface area contributed by atoms with Gasteiger partial charge in [-0.2, -0.15) is 9.44 Å². The van der Waals surface area contributed by atoms with E-state index < -0.39 is 32.1 Å². The molecule has 2 aliphatic rings. The molecular formula is C54H54N2O10S2. The number of benzene rings is 6. The molecule has 0 bridgehead atoms. The zero-order chi connectivity index (χ0) is 47.4. The minimum absolute atomic E-state index is 0.111. The number of hydrogen-bond donors (Lipinski definition) is 2. The molecule has 0 fully saturated rings. The van der Waals surface area contributed by atoms with Crippen molar-refractivity contribution in [2.24, 2.45) is 0 Å². The molecule has 12 nitrogen and oxygen atoms in total. The first-order chi connectivity index (χ1) is 32.8. The molecule has 14 heteroatoms. The summed E-state index contributed by atoms with van der Waals surface area (Å²) in [6.45, 7) is 10.4. The summed E-state index contributed by atoms with van der Waals surface area (Å²) in [6, 6.07) is 42.8. The Morgan fingerprint density at radius 1 is 0.412 bits per heavy atom. The van der Waals surface area contributed by atoms with E-state index in [4.69, 9.17) is 27.8 Å². The average Bonchev–Trinajstić information content (AvgIpc) is 3.80. The highest BCUT2D eigenvalue weighted by Crippen LogP contribution is 2.38. The molecule has 2 N–H and O–H groups in total. The normalized spacial score (nSPS) is 14.8. The topological polar surface area (TPSA) is 156 Å².